The largest absolute Gasteiger partial charge is 0.413 e. The third-order valence-corrected chi connectivity index (χ3v) is 4.33. The third-order valence-electron chi connectivity index (χ3n) is 4.33. The van der Waals surface area contributed by atoms with E-state index in [4.69, 9.17) is 0 Å². The Kier molecular flexibility index (Phi) is 4.44. The first kappa shape index (κ1) is 17.3. The minimum absolute atomic E-state index is 0.0854. The molecule has 25 heavy (non-hydrogen) atoms. The summed E-state index contributed by atoms with van der Waals surface area (Å²) in [5.74, 6) is 0.0854. The van der Waals surface area contributed by atoms with Crippen molar-refractivity contribution in [3.8, 4) is 0 Å². The zero-order valence-electron chi connectivity index (χ0n) is 13.9. The average molecular weight is 356 g/mol. The number of amides is 2. The second-order valence-electron chi connectivity index (χ2n) is 6.25. The number of aryl methyl sites for hydroxylation is 2. The molecule has 7 nitrogen and oxygen atoms in total. The van der Waals surface area contributed by atoms with E-state index < -0.39 is 18.2 Å². The summed E-state index contributed by atoms with van der Waals surface area (Å²) in [5.41, 5.74) is 0.892. The van der Waals surface area contributed by atoms with Gasteiger partial charge in [-0.3, -0.25) is 9.36 Å². The molecule has 0 bridgehead atoms. The Morgan fingerprint density at radius 1 is 1.24 bits per heavy atom. The number of likely N-dealkylation sites (tertiary alicyclic amines) is 1. The highest BCUT2D eigenvalue weighted by atomic mass is 19.4. The first-order valence-corrected chi connectivity index (χ1v) is 7.83. The van der Waals surface area contributed by atoms with Gasteiger partial charge < -0.3 is 10.2 Å². The molecular weight excluding hydrogens is 337 g/mol. The highest BCUT2D eigenvalue weighted by Crippen LogP contribution is 2.33. The molecule has 0 radical (unpaired) electrons. The van der Waals surface area contributed by atoms with Gasteiger partial charge in [0.05, 0.1) is 12.4 Å². The minimum atomic E-state index is -4.60. The summed E-state index contributed by atoms with van der Waals surface area (Å²) < 4.78 is 42.9. The predicted octanol–water partition coefficient (Wildman–Crippen LogP) is 1.96. The van der Waals surface area contributed by atoms with Gasteiger partial charge in [0.25, 0.3) is 0 Å². The van der Waals surface area contributed by atoms with Gasteiger partial charge in [-0.2, -0.15) is 23.4 Å². The number of carbonyl (C=O) groups excluding carboxylic acids is 1. The average Bonchev–Trinajstić information content (AvgIpc) is 3.23. The summed E-state index contributed by atoms with van der Waals surface area (Å²) in [4.78, 5) is 13.7. The van der Waals surface area contributed by atoms with Gasteiger partial charge in [-0.25, -0.2) is 4.79 Å². The van der Waals surface area contributed by atoms with Crippen molar-refractivity contribution in [1.82, 2.24) is 29.8 Å². The highest BCUT2D eigenvalue weighted by Gasteiger charge is 2.43. The van der Waals surface area contributed by atoms with Crippen molar-refractivity contribution in [2.75, 3.05) is 13.1 Å². The number of hydrogen-bond acceptors (Lipinski definition) is 3. The molecule has 1 aliphatic heterocycles. The zero-order chi connectivity index (χ0) is 18.2. The van der Waals surface area contributed by atoms with Crippen molar-refractivity contribution >= 4 is 6.03 Å². The summed E-state index contributed by atoms with van der Waals surface area (Å²) in [5, 5.41) is 9.94. The number of halogens is 3. The molecule has 1 N–H and O–H groups in total. The van der Waals surface area contributed by atoms with Gasteiger partial charge in [-0.05, 0) is 12.0 Å². The summed E-state index contributed by atoms with van der Waals surface area (Å²) in [7, 11) is 3.32. The molecule has 136 valence electrons. The predicted molar refractivity (Wildman–Crippen MR) is 82.7 cm³/mol. The Hall–Kier alpha value is -2.52. The van der Waals surface area contributed by atoms with Gasteiger partial charge in [0.15, 0.2) is 6.04 Å². The normalized spacial score (nSPS) is 19.2. The van der Waals surface area contributed by atoms with Crippen LogP contribution in [0.3, 0.4) is 0 Å². The zero-order valence-corrected chi connectivity index (χ0v) is 13.9. The van der Waals surface area contributed by atoms with E-state index in [2.05, 4.69) is 15.5 Å². The Labute approximate surface area is 142 Å². The lowest BCUT2D eigenvalue weighted by Crippen LogP contribution is -2.44. The van der Waals surface area contributed by atoms with Gasteiger partial charge in [0.2, 0.25) is 0 Å². The fraction of sp³-hybridized carbons (Fsp3) is 0.533. The maximum absolute atomic E-state index is 13.3. The first-order valence-electron chi connectivity index (χ1n) is 7.83. The van der Waals surface area contributed by atoms with Crippen molar-refractivity contribution in [2.24, 2.45) is 14.1 Å². The van der Waals surface area contributed by atoms with E-state index in [0.29, 0.717) is 19.5 Å². The quantitative estimate of drug-likeness (QED) is 0.914. The number of alkyl halides is 3. The number of urea groups is 1. The molecule has 2 aromatic rings. The molecule has 1 aliphatic rings. The van der Waals surface area contributed by atoms with Gasteiger partial charge in [-0.1, -0.05) is 0 Å². The Balaban J connectivity index is 1.68. The van der Waals surface area contributed by atoms with Crippen molar-refractivity contribution in [3.05, 3.63) is 35.9 Å². The van der Waals surface area contributed by atoms with Gasteiger partial charge in [0, 0.05) is 51.1 Å². The number of hydrogen-bond donors (Lipinski definition) is 1. The fourth-order valence-corrected chi connectivity index (χ4v) is 3.03. The van der Waals surface area contributed by atoms with Crippen molar-refractivity contribution in [2.45, 2.75) is 24.6 Å². The molecule has 2 aromatic heterocycles. The summed E-state index contributed by atoms with van der Waals surface area (Å²) >= 11 is 0. The minimum Gasteiger partial charge on any atom is -0.324 e. The number of rotatable bonds is 3. The molecular formula is C15H19F3N6O. The van der Waals surface area contributed by atoms with Crippen LogP contribution in [0.5, 0.6) is 0 Å². The molecule has 0 aromatic carbocycles. The van der Waals surface area contributed by atoms with Crippen LogP contribution in [-0.2, 0) is 14.1 Å². The molecule has 1 saturated heterocycles. The summed E-state index contributed by atoms with van der Waals surface area (Å²) in [6, 6.07) is -2.80. The fourth-order valence-electron chi connectivity index (χ4n) is 3.03. The van der Waals surface area contributed by atoms with Gasteiger partial charge >= 0.3 is 12.2 Å². The maximum Gasteiger partial charge on any atom is 0.413 e. The second kappa shape index (κ2) is 6.41. The van der Waals surface area contributed by atoms with E-state index in [1.807, 2.05) is 6.20 Å². The summed E-state index contributed by atoms with van der Waals surface area (Å²) in [6.45, 7) is 0.776. The second-order valence-corrected chi connectivity index (χ2v) is 6.25. The van der Waals surface area contributed by atoms with E-state index in [1.54, 1.807) is 17.9 Å². The van der Waals surface area contributed by atoms with Crippen LogP contribution in [-0.4, -0.2) is 49.8 Å². The molecule has 3 heterocycles. The molecule has 2 amide bonds. The van der Waals surface area contributed by atoms with Crippen LogP contribution < -0.4 is 5.32 Å². The number of nitrogens with zero attached hydrogens (tertiary/aromatic N) is 5. The topological polar surface area (TPSA) is 68.0 Å². The van der Waals surface area contributed by atoms with E-state index in [1.165, 1.54) is 22.8 Å². The molecule has 2 atom stereocenters. The van der Waals surface area contributed by atoms with Gasteiger partial charge in [-0.15, -0.1) is 0 Å². The van der Waals surface area contributed by atoms with Crippen LogP contribution in [0, 0.1) is 0 Å². The van der Waals surface area contributed by atoms with E-state index in [0.717, 1.165) is 11.8 Å². The van der Waals surface area contributed by atoms with E-state index in [9.17, 15) is 18.0 Å². The standard InChI is InChI=1S/C15H19F3N6O/c1-22-7-11(5-19-22)10-3-4-24(9-10)14(25)21-13(15(16,17)18)12-6-20-23(2)8-12/h5-8,10,13H,3-4,9H2,1-2H3,(H,21,25). The van der Waals surface area contributed by atoms with Crippen molar-refractivity contribution in [3.63, 3.8) is 0 Å². The van der Waals surface area contributed by atoms with Crippen LogP contribution in [0.25, 0.3) is 0 Å². The van der Waals surface area contributed by atoms with Crippen LogP contribution in [0.4, 0.5) is 18.0 Å². The number of carbonyl (C=O) groups is 1. The van der Waals surface area contributed by atoms with Gasteiger partial charge in [0.1, 0.15) is 0 Å². The number of aromatic nitrogens is 4. The first-order chi connectivity index (χ1) is 11.7. The highest BCUT2D eigenvalue weighted by molar-refractivity contribution is 5.75. The number of nitrogens with one attached hydrogen (secondary N) is 1. The lowest BCUT2D eigenvalue weighted by molar-refractivity contribution is -0.155. The molecule has 2 unspecified atom stereocenters. The lowest BCUT2D eigenvalue weighted by atomic mass is 10.0. The SMILES string of the molecule is Cn1cc(C2CCN(C(=O)NC(c3cnn(C)c3)C(F)(F)F)C2)cn1. The smallest absolute Gasteiger partial charge is 0.324 e. The molecule has 0 aliphatic carbocycles. The van der Waals surface area contributed by atoms with Crippen LogP contribution >= 0.6 is 0 Å². The van der Waals surface area contributed by atoms with Crippen LogP contribution in [0.2, 0.25) is 0 Å². The van der Waals surface area contributed by atoms with E-state index in [-0.39, 0.29) is 11.5 Å². The molecule has 0 spiro atoms. The van der Waals surface area contributed by atoms with Crippen LogP contribution in [0.15, 0.2) is 24.8 Å². The molecule has 1 fully saturated rings. The Morgan fingerprint density at radius 2 is 1.92 bits per heavy atom. The maximum atomic E-state index is 13.3. The lowest BCUT2D eigenvalue weighted by Gasteiger charge is -2.24. The van der Waals surface area contributed by atoms with Crippen molar-refractivity contribution < 1.29 is 18.0 Å². The van der Waals surface area contributed by atoms with E-state index >= 15 is 0 Å². The molecule has 0 saturated carbocycles. The summed E-state index contributed by atoms with van der Waals surface area (Å²) in [6.07, 6.45) is 2.05. The Bertz CT molecular complexity index is 753. The van der Waals surface area contributed by atoms with Crippen molar-refractivity contribution in [1.29, 1.82) is 0 Å². The molecule has 3 rings (SSSR count). The monoisotopic (exact) mass is 356 g/mol. The molecule has 10 heteroatoms. The Morgan fingerprint density at radius 3 is 2.48 bits per heavy atom. The third kappa shape index (κ3) is 3.77. The van der Waals surface area contributed by atoms with Crippen LogP contribution in [0.1, 0.15) is 29.5 Å².